The number of carbonyl (C=O) groups excluding carboxylic acids is 1. The molecule has 0 fully saturated rings. The number of hydrazone groups is 1. The molecule has 1 aliphatic rings. The summed E-state index contributed by atoms with van der Waals surface area (Å²) in [4.78, 5) is 12.3. The fourth-order valence-corrected chi connectivity index (χ4v) is 1.94. The van der Waals surface area contributed by atoms with Crippen molar-refractivity contribution in [3.05, 3.63) is 34.9 Å². The van der Waals surface area contributed by atoms with Crippen LogP contribution < -0.4 is 5.46 Å². The molecule has 0 spiro atoms. The van der Waals surface area contributed by atoms with Gasteiger partial charge < -0.3 is 5.02 Å². The molecule has 0 aliphatic carbocycles. The highest BCUT2D eigenvalue weighted by Crippen LogP contribution is 2.11. The third-order valence-corrected chi connectivity index (χ3v) is 2.72. The molecule has 1 heterocycles. The van der Waals surface area contributed by atoms with Crippen molar-refractivity contribution in [1.29, 1.82) is 0 Å². The minimum atomic E-state index is -0.997. The van der Waals surface area contributed by atoms with E-state index in [1.165, 1.54) is 12.5 Å². The molecule has 92 valence electrons. The first-order valence-corrected chi connectivity index (χ1v) is 5.80. The third-order valence-electron chi connectivity index (χ3n) is 2.72. The molecule has 0 atom stereocenters. The molecule has 0 saturated heterocycles. The fourth-order valence-electron chi connectivity index (χ4n) is 1.94. The van der Waals surface area contributed by atoms with Crippen LogP contribution in [0.5, 0.6) is 0 Å². The van der Waals surface area contributed by atoms with Crippen LogP contribution in [0, 0.1) is 0 Å². The molecule has 1 aliphatic heterocycles. The average Bonchev–Trinajstić information content (AvgIpc) is 2.27. The van der Waals surface area contributed by atoms with Gasteiger partial charge in [0.1, 0.15) is 0 Å². The summed E-state index contributed by atoms with van der Waals surface area (Å²) in [6, 6.07) is 5.70. The number of allylic oxidation sites excluding steroid dienone is 1. The van der Waals surface area contributed by atoms with Crippen LogP contribution in [0.3, 0.4) is 0 Å². The van der Waals surface area contributed by atoms with Crippen molar-refractivity contribution in [3.63, 3.8) is 0 Å². The first kappa shape index (κ1) is 12.6. The zero-order chi connectivity index (χ0) is 13.3. The maximum atomic E-state index is 11.3. The van der Waals surface area contributed by atoms with E-state index >= 15 is 0 Å². The molecule has 0 radical (unpaired) electrons. The standard InChI is InChI=1S/C13H15BN2O2/c1-9(2)6-11-4-5-13-12(7-11)8-15-16(10(3)17)14(13)18/h4-8,18H,1-3H3. The van der Waals surface area contributed by atoms with E-state index in [-0.39, 0.29) is 5.91 Å². The van der Waals surface area contributed by atoms with E-state index in [2.05, 4.69) is 11.2 Å². The van der Waals surface area contributed by atoms with E-state index in [0.29, 0.717) is 5.46 Å². The molecule has 4 nitrogen and oxygen atoms in total. The van der Waals surface area contributed by atoms with Gasteiger partial charge in [-0.3, -0.25) is 4.79 Å². The molecule has 5 heteroatoms. The first-order valence-electron chi connectivity index (χ1n) is 5.80. The Kier molecular flexibility index (Phi) is 3.34. The lowest BCUT2D eigenvalue weighted by Gasteiger charge is -2.23. The van der Waals surface area contributed by atoms with Crippen molar-refractivity contribution in [1.82, 2.24) is 4.92 Å². The highest BCUT2D eigenvalue weighted by molar-refractivity contribution is 6.67. The summed E-state index contributed by atoms with van der Waals surface area (Å²) in [7, 11) is -0.997. The number of hydrogen-bond donors (Lipinski definition) is 1. The average molecular weight is 242 g/mol. The van der Waals surface area contributed by atoms with Crippen molar-refractivity contribution in [2.75, 3.05) is 0 Å². The lowest BCUT2D eigenvalue weighted by molar-refractivity contribution is -0.125. The number of benzene rings is 1. The molecule has 0 aromatic heterocycles. The molecule has 1 N–H and O–H groups in total. The topological polar surface area (TPSA) is 52.9 Å². The van der Waals surface area contributed by atoms with Gasteiger partial charge in [0.25, 0.3) is 0 Å². The molecule has 1 aromatic rings. The predicted octanol–water partition coefficient (Wildman–Crippen LogP) is 0.993. The molecule has 0 saturated carbocycles. The maximum absolute atomic E-state index is 11.3. The summed E-state index contributed by atoms with van der Waals surface area (Å²) in [5, 5.41) is 14.0. The molecule has 0 bridgehead atoms. The van der Waals surface area contributed by atoms with Gasteiger partial charge in [0, 0.05) is 6.92 Å². The van der Waals surface area contributed by atoms with Crippen LogP contribution in [-0.2, 0) is 4.79 Å². The molecule has 2 rings (SSSR count). The molecule has 0 unspecified atom stereocenters. The number of rotatable bonds is 1. The minimum absolute atomic E-state index is 0.280. The largest absolute Gasteiger partial charge is 0.474 e. The summed E-state index contributed by atoms with van der Waals surface area (Å²) >= 11 is 0. The Bertz CT molecular complexity index is 548. The van der Waals surface area contributed by atoms with E-state index in [1.54, 1.807) is 6.21 Å². The number of nitrogens with zero attached hydrogens (tertiary/aromatic N) is 2. The molecule has 18 heavy (non-hydrogen) atoms. The van der Waals surface area contributed by atoms with Crippen LogP contribution in [-0.4, -0.2) is 29.1 Å². The van der Waals surface area contributed by atoms with Crippen LogP contribution in [0.2, 0.25) is 0 Å². The van der Waals surface area contributed by atoms with E-state index in [9.17, 15) is 9.82 Å². The highest BCUT2D eigenvalue weighted by atomic mass is 16.2. The highest BCUT2D eigenvalue weighted by Gasteiger charge is 2.31. The Morgan fingerprint density at radius 1 is 1.39 bits per heavy atom. The fraction of sp³-hybridized carbons (Fsp3) is 0.231. The molecular weight excluding hydrogens is 227 g/mol. The summed E-state index contributed by atoms with van der Waals surface area (Å²) in [6.45, 7) is 5.43. The van der Waals surface area contributed by atoms with Crippen molar-refractivity contribution < 1.29 is 9.82 Å². The van der Waals surface area contributed by atoms with Gasteiger partial charge in [-0.15, -0.1) is 0 Å². The lowest BCUT2D eigenvalue weighted by Crippen LogP contribution is -2.51. The number of hydrogen-bond acceptors (Lipinski definition) is 3. The Morgan fingerprint density at radius 3 is 2.72 bits per heavy atom. The summed E-state index contributed by atoms with van der Waals surface area (Å²) in [5.74, 6) is -0.280. The van der Waals surface area contributed by atoms with Crippen LogP contribution in [0.15, 0.2) is 28.9 Å². The number of amides is 1. The maximum Gasteiger partial charge on any atom is 0.474 e. The van der Waals surface area contributed by atoms with E-state index in [0.717, 1.165) is 16.0 Å². The Labute approximate surface area is 107 Å². The van der Waals surface area contributed by atoms with Crippen LogP contribution in [0.1, 0.15) is 31.9 Å². The Morgan fingerprint density at radius 2 is 2.11 bits per heavy atom. The van der Waals surface area contributed by atoms with Gasteiger partial charge in [-0.2, -0.15) is 5.10 Å². The third kappa shape index (κ3) is 2.36. The van der Waals surface area contributed by atoms with Crippen molar-refractivity contribution >= 4 is 30.7 Å². The van der Waals surface area contributed by atoms with Crippen LogP contribution in [0.25, 0.3) is 6.08 Å². The quantitative estimate of drug-likeness (QED) is 0.746. The minimum Gasteiger partial charge on any atom is -0.427 e. The van der Waals surface area contributed by atoms with E-state index in [1.807, 2.05) is 32.0 Å². The first-order chi connectivity index (χ1) is 8.49. The van der Waals surface area contributed by atoms with Crippen LogP contribution >= 0.6 is 0 Å². The molecule has 1 amide bonds. The number of carbonyl (C=O) groups is 1. The second-order valence-corrected chi connectivity index (χ2v) is 4.59. The molecule has 1 aromatic carbocycles. The van der Waals surface area contributed by atoms with E-state index < -0.39 is 7.05 Å². The van der Waals surface area contributed by atoms with Gasteiger partial charge in [-0.1, -0.05) is 23.8 Å². The summed E-state index contributed by atoms with van der Waals surface area (Å²) in [6.07, 6.45) is 3.66. The van der Waals surface area contributed by atoms with E-state index in [4.69, 9.17) is 0 Å². The van der Waals surface area contributed by atoms with Gasteiger partial charge >= 0.3 is 7.05 Å². The van der Waals surface area contributed by atoms with Gasteiger partial charge in [0.15, 0.2) is 0 Å². The predicted molar refractivity (Wildman–Crippen MR) is 73.5 cm³/mol. The Hall–Kier alpha value is -1.88. The summed E-state index contributed by atoms with van der Waals surface area (Å²) in [5.41, 5.74) is 3.80. The molecular formula is C13H15BN2O2. The zero-order valence-electron chi connectivity index (χ0n) is 10.7. The van der Waals surface area contributed by atoms with Crippen molar-refractivity contribution in [2.24, 2.45) is 5.10 Å². The smallest absolute Gasteiger partial charge is 0.427 e. The van der Waals surface area contributed by atoms with Gasteiger partial charge in [-0.25, -0.2) is 4.92 Å². The van der Waals surface area contributed by atoms with Gasteiger partial charge in [0.2, 0.25) is 5.91 Å². The SMILES string of the molecule is CC(=O)N1N=Cc2cc(C=C(C)C)ccc2B1O. The summed E-state index contributed by atoms with van der Waals surface area (Å²) < 4.78 is 0. The zero-order valence-corrected chi connectivity index (χ0v) is 10.7. The van der Waals surface area contributed by atoms with Crippen molar-refractivity contribution in [3.8, 4) is 0 Å². The second-order valence-electron chi connectivity index (χ2n) is 4.59. The monoisotopic (exact) mass is 242 g/mol. The van der Waals surface area contributed by atoms with Gasteiger partial charge in [-0.05, 0) is 36.5 Å². The van der Waals surface area contributed by atoms with Crippen molar-refractivity contribution in [2.45, 2.75) is 20.8 Å². The van der Waals surface area contributed by atoms with Gasteiger partial charge in [0.05, 0.1) is 6.21 Å². The van der Waals surface area contributed by atoms with Crippen LogP contribution in [0.4, 0.5) is 0 Å². The number of fused-ring (bicyclic) bond motifs is 1. The lowest BCUT2D eigenvalue weighted by atomic mass is 9.69. The normalized spacial score (nSPS) is 13.3. The second kappa shape index (κ2) is 4.78. The Balaban J connectivity index is 2.41.